The number of aliphatic hydroxyl groups excluding tert-OH is 1. The summed E-state index contributed by atoms with van der Waals surface area (Å²) in [6, 6.07) is 2.36. The lowest BCUT2D eigenvalue weighted by atomic mass is 9.89. The lowest BCUT2D eigenvalue weighted by Crippen LogP contribution is -2.20. The fraction of sp³-hybridized carbons (Fsp3) is 0.545. The van der Waals surface area contributed by atoms with Crippen molar-refractivity contribution in [2.75, 3.05) is 6.61 Å². The van der Waals surface area contributed by atoms with E-state index in [0.717, 1.165) is 12.3 Å². The van der Waals surface area contributed by atoms with E-state index in [1.54, 1.807) is 0 Å². The molecule has 0 bridgehead atoms. The van der Waals surface area contributed by atoms with E-state index in [4.69, 9.17) is 5.11 Å². The normalized spacial score (nSPS) is 12.9. The lowest BCUT2D eigenvalue weighted by molar-refractivity contribution is -0.137. The predicted molar refractivity (Wildman–Crippen MR) is 53.8 cm³/mol. The van der Waals surface area contributed by atoms with Gasteiger partial charge < -0.3 is 5.11 Å². The summed E-state index contributed by atoms with van der Waals surface area (Å²) in [5.74, 6) is 0. The van der Waals surface area contributed by atoms with Crippen LogP contribution < -0.4 is 0 Å². The van der Waals surface area contributed by atoms with Gasteiger partial charge in [0.25, 0.3) is 0 Å². The fourth-order valence-electron chi connectivity index (χ4n) is 1.24. The molecule has 2 nitrogen and oxygen atoms in total. The van der Waals surface area contributed by atoms with Gasteiger partial charge in [0.05, 0.1) is 5.56 Å². The van der Waals surface area contributed by atoms with Gasteiger partial charge in [-0.15, -0.1) is 0 Å². The minimum atomic E-state index is -4.35. The fourth-order valence-corrected chi connectivity index (χ4v) is 1.24. The third-order valence-electron chi connectivity index (χ3n) is 2.24. The Morgan fingerprint density at radius 2 is 1.88 bits per heavy atom. The number of rotatable bonds is 3. The van der Waals surface area contributed by atoms with E-state index >= 15 is 0 Å². The van der Waals surface area contributed by atoms with Crippen molar-refractivity contribution in [1.29, 1.82) is 0 Å². The van der Waals surface area contributed by atoms with Crippen LogP contribution in [0.2, 0.25) is 0 Å². The molecule has 1 aromatic heterocycles. The second-order valence-corrected chi connectivity index (χ2v) is 4.54. The molecule has 0 radical (unpaired) electrons. The molecule has 90 valence electrons. The van der Waals surface area contributed by atoms with Gasteiger partial charge >= 0.3 is 6.18 Å². The minimum Gasteiger partial charge on any atom is -0.396 e. The highest BCUT2D eigenvalue weighted by atomic mass is 19.4. The van der Waals surface area contributed by atoms with E-state index in [9.17, 15) is 13.2 Å². The molecule has 0 aliphatic rings. The van der Waals surface area contributed by atoms with Crippen molar-refractivity contribution in [2.45, 2.75) is 26.4 Å². The van der Waals surface area contributed by atoms with Gasteiger partial charge in [-0.2, -0.15) is 13.2 Å². The Morgan fingerprint density at radius 3 is 2.25 bits per heavy atom. The minimum absolute atomic E-state index is 0.0320. The van der Waals surface area contributed by atoms with Gasteiger partial charge in [-0.25, -0.2) is 0 Å². The maximum absolute atomic E-state index is 12.2. The van der Waals surface area contributed by atoms with Crippen molar-refractivity contribution in [2.24, 2.45) is 5.41 Å². The largest absolute Gasteiger partial charge is 0.417 e. The van der Waals surface area contributed by atoms with Gasteiger partial charge in [-0.1, -0.05) is 13.8 Å². The molecule has 0 saturated heterocycles. The van der Waals surface area contributed by atoms with E-state index in [0.29, 0.717) is 12.1 Å². The van der Waals surface area contributed by atoms with Crippen molar-refractivity contribution in [3.8, 4) is 0 Å². The maximum atomic E-state index is 12.2. The van der Waals surface area contributed by atoms with Gasteiger partial charge in [0.1, 0.15) is 0 Å². The number of aromatic nitrogens is 1. The maximum Gasteiger partial charge on any atom is 0.417 e. The Morgan fingerprint density at radius 1 is 1.25 bits per heavy atom. The molecule has 0 aliphatic heterocycles. The molecule has 1 N–H and O–H groups in total. The number of aliphatic hydroxyl groups is 1. The highest BCUT2D eigenvalue weighted by Gasteiger charge is 2.30. The Labute approximate surface area is 92.1 Å². The van der Waals surface area contributed by atoms with Crippen molar-refractivity contribution in [3.05, 3.63) is 29.6 Å². The van der Waals surface area contributed by atoms with Crippen molar-refractivity contribution in [3.63, 3.8) is 0 Å². The number of pyridine rings is 1. The summed E-state index contributed by atoms with van der Waals surface area (Å²) in [6.45, 7) is 3.62. The van der Waals surface area contributed by atoms with Crippen LogP contribution in [0.3, 0.4) is 0 Å². The molecule has 0 atom stereocenters. The predicted octanol–water partition coefficient (Wildman–Crippen LogP) is 2.66. The summed E-state index contributed by atoms with van der Waals surface area (Å²) in [6.07, 6.45) is -3.08. The van der Waals surface area contributed by atoms with E-state index in [1.165, 1.54) is 6.07 Å². The molecule has 1 aromatic rings. The Hall–Kier alpha value is -1.10. The van der Waals surface area contributed by atoms with E-state index in [2.05, 4.69) is 4.98 Å². The third-order valence-corrected chi connectivity index (χ3v) is 2.24. The van der Waals surface area contributed by atoms with Crippen LogP contribution in [0.5, 0.6) is 0 Å². The molecular formula is C11H14F3NO. The number of hydrogen-bond acceptors (Lipinski definition) is 2. The number of nitrogens with zero attached hydrogens (tertiary/aromatic N) is 1. The molecule has 0 aromatic carbocycles. The highest BCUT2D eigenvalue weighted by molar-refractivity contribution is 5.17. The molecule has 1 rings (SSSR count). The van der Waals surface area contributed by atoms with Gasteiger partial charge in [-0.3, -0.25) is 4.98 Å². The van der Waals surface area contributed by atoms with Crippen molar-refractivity contribution < 1.29 is 18.3 Å². The standard InChI is InChI=1S/C11H14F3NO/c1-10(2,7-16)5-9-4-3-8(6-15-9)11(12,13)14/h3-4,6,16H,5,7H2,1-2H3. The quantitative estimate of drug-likeness (QED) is 0.870. The number of hydrogen-bond donors (Lipinski definition) is 1. The topological polar surface area (TPSA) is 33.1 Å². The lowest BCUT2D eigenvalue weighted by Gasteiger charge is -2.20. The number of halogens is 3. The second-order valence-electron chi connectivity index (χ2n) is 4.54. The summed E-state index contributed by atoms with van der Waals surface area (Å²) in [5.41, 5.74) is -0.572. The molecule has 0 unspecified atom stereocenters. The Kier molecular flexibility index (Phi) is 3.57. The molecular weight excluding hydrogens is 219 g/mol. The Bertz CT molecular complexity index is 343. The summed E-state index contributed by atoms with van der Waals surface area (Å²) >= 11 is 0. The summed E-state index contributed by atoms with van der Waals surface area (Å²) in [5, 5.41) is 9.03. The van der Waals surface area contributed by atoms with E-state index in [1.807, 2.05) is 13.8 Å². The zero-order valence-corrected chi connectivity index (χ0v) is 9.17. The molecule has 0 saturated carbocycles. The summed E-state index contributed by atoms with van der Waals surface area (Å²) in [4.78, 5) is 3.75. The van der Waals surface area contributed by atoms with Crippen LogP contribution in [0.15, 0.2) is 18.3 Å². The molecule has 0 spiro atoms. The van der Waals surface area contributed by atoms with Gasteiger partial charge in [-0.05, 0) is 24.0 Å². The monoisotopic (exact) mass is 233 g/mol. The first kappa shape index (κ1) is 13.0. The summed E-state index contributed by atoms with van der Waals surface area (Å²) in [7, 11) is 0. The van der Waals surface area contributed by atoms with Crippen LogP contribution in [0.25, 0.3) is 0 Å². The number of alkyl halides is 3. The molecule has 16 heavy (non-hydrogen) atoms. The van der Waals surface area contributed by atoms with E-state index in [-0.39, 0.29) is 12.0 Å². The van der Waals surface area contributed by atoms with Gasteiger partial charge in [0.15, 0.2) is 0 Å². The van der Waals surface area contributed by atoms with Crippen molar-refractivity contribution in [1.82, 2.24) is 4.98 Å². The van der Waals surface area contributed by atoms with E-state index < -0.39 is 11.7 Å². The zero-order chi connectivity index (χ0) is 12.4. The van der Waals surface area contributed by atoms with Crippen LogP contribution in [-0.2, 0) is 12.6 Å². The van der Waals surface area contributed by atoms with Gasteiger partial charge in [0, 0.05) is 18.5 Å². The van der Waals surface area contributed by atoms with Gasteiger partial charge in [0.2, 0.25) is 0 Å². The highest BCUT2D eigenvalue weighted by Crippen LogP contribution is 2.29. The molecule has 5 heteroatoms. The molecule has 0 aliphatic carbocycles. The Balaban J connectivity index is 2.80. The first-order valence-electron chi connectivity index (χ1n) is 4.87. The molecule has 0 amide bonds. The van der Waals surface area contributed by atoms with Crippen LogP contribution in [0.1, 0.15) is 25.1 Å². The average molecular weight is 233 g/mol. The third kappa shape index (κ3) is 3.48. The second kappa shape index (κ2) is 4.41. The van der Waals surface area contributed by atoms with Crippen LogP contribution in [0.4, 0.5) is 13.2 Å². The average Bonchev–Trinajstić information content (AvgIpc) is 2.16. The SMILES string of the molecule is CC(C)(CO)Cc1ccc(C(F)(F)F)cn1. The first-order valence-corrected chi connectivity index (χ1v) is 4.87. The molecule has 1 heterocycles. The first-order chi connectivity index (χ1) is 7.24. The smallest absolute Gasteiger partial charge is 0.396 e. The van der Waals surface area contributed by atoms with Crippen LogP contribution in [0, 0.1) is 5.41 Å². The van der Waals surface area contributed by atoms with Crippen LogP contribution in [-0.4, -0.2) is 16.7 Å². The zero-order valence-electron chi connectivity index (χ0n) is 9.17. The van der Waals surface area contributed by atoms with Crippen LogP contribution >= 0.6 is 0 Å². The molecule has 0 fully saturated rings. The van der Waals surface area contributed by atoms with Crippen molar-refractivity contribution >= 4 is 0 Å². The summed E-state index contributed by atoms with van der Waals surface area (Å²) < 4.78 is 36.7.